The van der Waals surface area contributed by atoms with E-state index in [2.05, 4.69) is 59.1 Å². The van der Waals surface area contributed by atoms with Crippen molar-refractivity contribution in [2.75, 3.05) is 60.6 Å². The fourth-order valence-corrected chi connectivity index (χ4v) is 9.91. The molecule has 0 amide bonds. The molecule has 0 saturated carbocycles. The quantitative estimate of drug-likeness (QED) is 0.0741. The van der Waals surface area contributed by atoms with Gasteiger partial charge in [-0.15, -0.1) is 0 Å². The largest absolute Gasteiger partial charge is 0.494 e. The number of rotatable bonds is 15. The van der Waals surface area contributed by atoms with Gasteiger partial charge < -0.3 is 34.0 Å². The third kappa shape index (κ3) is 9.26. The molecule has 2 aromatic carbocycles. The second-order valence-corrected chi connectivity index (χ2v) is 18.2. The summed E-state index contributed by atoms with van der Waals surface area (Å²) in [6.07, 6.45) is 14.2. The minimum Gasteiger partial charge on any atom is -0.494 e. The lowest BCUT2D eigenvalue weighted by Gasteiger charge is -2.32. The number of nitrogens with one attached hydrogen (secondary N) is 2. The van der Waals surface area contributed by atoms with Crippen LogP contribution in [0.25, 0.3) is 44.3 Å². The molecule has 0 spiro atoms. The number of H-pyrrole nitrogens is 2. The Morgan fingerprint density at radius 1 is 0.676 bits per heavy atom. The first-order valence-corrected chi connectivity index (χ1v) is 23.5. The number of aromatic nitrogens is 8. The van der Waals surface area contributed by atoms with Crippen LogP contribution < -0.4 is 14.2 Å². The van der Waals surface area contributed by atoms with Crippen molar-refractivity contribution < 1.29 is 31.8 Å². The Labute approximate surface area is 406 Å². The van der Waals surface area contributed by atoms with Crippen molar-refractivity contribution in [3.8, 4) is 51.6 Å². The normalized spacial score (nSPS) is 15.1. The van der Waals surface area contributed by atoms with Crippen molar-refractivity contribution in [3.63, 3.8) is 0 Å². The van der Waals surface area contributed by atoms with Crippen LogP contribution >= 0.6 is 0 Å². The van der Waals surface area contributed by atoms with E-state index >= 15 is 13.2 Å². The molecule has 0 aliphatic carbocycles. The molecule has 6 aromatic heterocycles. The van der Waals surface area contributed by atoms with Crippen LogP contribution in [-0.4, -0.2) is 110 Å². The molecule has 0 unspecified atom stereocenters. The van der Waals surface area contributed by atoms with E-state index < -0.39 is 23.3 Å². The van der Waals surface area contributed by atoms with Crippen LogP contribution in [0.15, 0.2) is 67.5 Å². The SMILES string of the molecule is COc1ccc(F)c(Cc2c[nH]c3ncc(-c4cn(C5CCN(CCCOc6cc(OC)c(F)c(Cc7c[nH]c8ncc(-c9cn(C%10CCN(C)CC%10)nc9C#N)cc78)c6F)CC5)nc4C#N)cc23)c1F. The molecule has 19 heteroatoms. The Morgan fingerprint density at radius 3 is 1.75 bits per heavy atom. The van der Waals surface area contributed by atoms with Crippen LogP contribution in [-0.2, 0) is 12.8 Å². The van der Waals surface area contributed by atoms with E-state index in [1.165, 1.54) is 32.4 Å². The Balaban J connectivity index is 0.770. The summed E-state index contributed by atoms with van der Waals surface area (Å²) < 4.78 is 82.1. The predicted molar refractivity (Wildman–Crippen MR) is 256 cm³/mol. The molecule has 8 heterocycles. The molecule has 0 atom stereocenters. The van der Waals surface area contributed by atoms with Crippen molar-refractivity contribution in [1.82, 2.24) is 49.3 Å². The number of methoxy groups -OCH3 is 2. The van der Waals surface area contributed by atoms with E-state index in [-0.39, 0.29) is 65.6 Å². The number of hydrogen-bond acceptors (Lipinski definition) is 11. The van der Waals surface area contributed by atoms with Crippen LogP contribution in [0.3, 0.4) is 0 Å². The number of likely N-dealkylation sites (tertiary alicyclic amines) is 2. The molecule has 10 rings (SSSR count). The average molecular weight is 967 g/mol. The van der Waals surface area contributed by atoms with Gasteiger partial charge in [-0.3, -0.25) is 9.36 Å². The van der Waals surface area contributed by atoms with Crippen molar-refractivity contribution in [2.45, 2.75) is 57.0 Å². The molecular formula is C52H50F4N12O3. The van der Waals surface area contributed by atoms with Crippen LogP contribution in [0.5, 0.6) is 17.2 Å². The van der Waals surface area contributed by atoms with Gasteiger partial charge in [0, 0.05) is 120 Å². The molecule has 2 saturated heterocycles. The number of piperidine rings is 2. The van der Waals surface area contributed by atoms with E-state index in [4.69, 9.17) is 14.2 Å². The van der Waals surface area contributed by atoms with Gasteiger partial charge in [-0.25, -0.2) is 27.5 Å². The minimum atomic E-state index is -0.820. The molecular weight excluding hydrogens is 917 g/mol. The summed E-state index contributed by atoms with van der Waals surface area (Å²) in [7, 11) is 4.75. The third-order valence-electron chi connectivity index (χ3n) is 14.0. The maximum atomic E-state index is 16.3. The number of nitriles is 2. The maximum absolute atomic E-state index is 16.3. The number of hydrogen-bond donors (Lipinski definition) is 2. The first-order valence-electron chi connectivity index (χ1n) is 23.5. The second-order valence-electron chi connectivity index (χ2n) is 18.2. The van der Waals surface area contributed by atoms with Crippen LogP contribution in [0.4, 0.5) is 17.6 Å². The van der Waals surface area contributed by atoms with Crippen molar-refractivity contribution >= 4 is 22.1 Å². The number of pyridine rings is 2. The van der Waals surface area contributed by atoms with Gasteiger partial charge in [0.2, 0.25) is 0 Å². The lowest BCUT2D eigenvalue weighted by atomic mass is 10.0. The molecule has 2 N–H and O–H groups in total. The summed E-state index contributed by atoms with van der Waals surface area (Å²) >= 11 is 0. The number of nitrogens with zero attached hydrogens (tertiary/aromatic N) is 10. The predicted octanol–water partition coefficient (Wildman–Crippen LogP) is 9.04. The fourth-order valence-electron chi connectivity index (χ4n) is 9.91. The topological polar surface area (TPSA) is 175 Å². The van der Waals surface area contributed by atoms with E-state index in [1.807, 2.05) is 33.9 Å². The monoisotopic (exact) mass is 966 g/mol. The highest BCUT2D eigenvalue weighted by atomic mass is 19.1. The van der Waals surface area contributed by atoms with Crippen molar-refractivity contribution in [2.24, 2.45) is 0 Å². The summed E-state index contributed by atoms with van der Waals surface area (Å²) in [6.45, 7) is 4.24. The molecule has 2 aliphatic heterocycles. The van der Waals surface area contributed by atoms with Gasteiger partial charge >= 0.3 is 0 Å². The highest BCUT2D eigenvalue weighted by Crippen LogP contribution is 2.37. The molecule has 364 valence electrons. The van der Waals surface area contributed by atoms with Gasteiger partial charge in [0.05, 0.1) is 32.9 Å². The third-order valence-corrected chi connectivity index (χ3v) is 14.0. The van der Waals surface area contributed by atoms with Gasteiger partial charge in [-0.1, -0.05) is 0 Å². The summed E-state index contributed by atoms with van der Waals surface area (Å²) in [5.41, 5.74) is 5.09. The Bertz CT molecular complexity index is 3350. The molecule has 0 radical (unpaired) electrons. The van der Waals surface area contributed by atoms with Gasteiger partial charge in [0.25, 0.3) is 0 Å². The number of fused-ring (bicyclic) bond motifs is 2. The van der Waals surface area contributed by atoms with Gasteiger partial charge in [0.15, 0.2) is 46.1 Å². The molecule has 2 fully saturated rings. The molecule has 8 aromatic rings. The summed E-state index contributed by atoms with van der Waals surface area (Å²) in [5.74, 6) is -3.37. The highest BCUT2D eigenvalue weighted by Gasteiger charge is 2.27. The number of ether oxygens (including phenoxy) is 3. The van der Waals surface area contributed by atoms with E-state index in [0.29, 0.717) is 74.1 Å². The molecule has 0 bridgehead atoms. The smallest absolute Gasteiger partial charge is 0.171 e. The highest BCUT2D eigenvalue weighted by molar-refractivity contribution is 5.87. The zero-order valence-corrected chi connectivity index (χ0v) is 39.4. The number of aromatic amines is 2. The Morgan fingerprint density at radius 2 is 1.20 bits per heavy atom. The lowest BCUT2D eigenvalue weighted by molar-refractivity contribution is 0.166. The fraction of sp³-hybridized carbons (Fsp3) is 0.346. The Hall–Kier alpha value is -7.74. The summed E-state index contributed by atoms with van der Waals surface area (Å²) in [5, 5.41) is 30.7. The average Bonchev–Trinajstić information content (AvgIpc) is 4.21. The Kier molecular flexibility index (Phi) is 13.2. The van der Waals surface area contributed by atoms with Gasteiger partial charge in [-0.05, 0) is 87.6 Å². The summed E-state index contributed by atoms with van der Waals surface area (Å²) in [4.78, 5) is 19.9. The van der Waals surface area contributed by atoms with E-state index in [9.17, 15) is 14.9 Å². The molecule has 2 aliphatic rings. The lowest BCUT2D eigenvalue weighted by Crippen LogP contribution is -2.36. The zero-order valence-electron chi connectivity index (χ0n) is 39.4. The van der Waals surface area contributed by atoms with Crippen LogP contribution in [0, 0.1) is 45.9 Å². The van der Waals surface area contributed by atoms with E-state index in [0.717, 1.165) is 51.9 Å². The van der Waals surface area contributed by atoms with Crippen LogP contribution in [0.2, 0.25) is 0 Å². The van der Waals surface area contributed by atoms with E-state index in [1.54, 1.807) is 24.8 Å². The molecule has 71 heavy (non-hydrogen) atoms. The minimum absolute atomic E-state index is 0.0311. The van der Waals surface area contributed by atoms with Gasteiger partial charge in [0.1, 0.15) is 29.3 Å². The first-order chi connectivity index (χ1) is 34.5. The van der Waals surface area contributed by atoms with Gasteiger partial charge in [-0.2, -0.15) is 20.7 Å². The number of halogens is 4. The second kappa shape index (κ2) is 19.9. The van der Waals surface area contributed by atoms with Crippen LogP contribution in [0.1, 0.15) is 77.8 Å². The zero-order chi connectivity index (χ0) is 49.3. The first kappa shape index (κ1) is 47.0. The molecule has 15 nitrogen and oxygen atoms in total. The maximum Gasteiger partial charge on any atom is 0.171 e. The standard InChI is InChI=1S/C52H50F4N12O3/c1-65-12-7-34(8-13-65)67-28-40(43(22-57)63-67)33-18-37-31(25-60-52(37)62-27-33)20-39-49(55)46(70-3)21-47(50(39)56)71-16-4-11-66-14-9-35(10-15-66)68-29-41(44(23-58)64-68)32-17-36-30(24-59-51(36)61-26-32)19-38-42(53)5-6-45(69-2)48(38)54/h5-6,17-18,21,24-29,34-35H,4,7-16,19-20H2,1-3H3,(H,59,61)(H,60,62). The number of benzene rings is 2. The van der Waals surface area contributed by atoms with Crippen molar-refractivity contribution in [3.05, 3.63) is 124 Å². The van der Waals surface area contributed by atoms with Crippen molar-refractivity contribution in [1.29, 1.82) is 10.5 Å². The summed E-state index contributed by atoms with van der Waals surface area (Å²) in [6, 6.07) is 12.0.